The normalized spacial score (nSPS) is 29.4. The Labute approximate surface area is 128 Å². The van der Waals surface area contributed by atoms with Crippen LogP contribution in [0.5, 0.6) is 0 Å². The first-order chi connectivity index (χ1) is 8.91. The predicted molar refractivity (Wildman–Crippen MR) is 85.9 cm³/mol. The van der Waals surface area contributed by atoms with E-state index in [4.69, 9.17) is 4.74 Å². The van der Waals surface area contributed by atoms with Crippen molar-refractivity contribution in [3.05, 3.63) is 0 Å². The van der Waals surface area contributed by atoms with Gasteiger partial charge in [-0.3, -0.25) is 0 Å². The van der Waals surface area contributed by atoms with Crippen molar-refractivity contribution < 1.29 is 4.74 Å². The molecule has 2 atom stereocenters. The van der Waals surface area contributed by atoms with Crippen LogP contribution in [-0.4, -0.2) is 17.0 Å². The molecule has 0 aromatic rings. The number of halogens is 1. The van der Waals surface area contributed by atoms with Crippen LogP contribution in [-0.2, 0) is 4.74 Å². The Morgan fingerprint density at radius 3 is 2.53 bits per heavy atom. The predicted octanol–water partition coefficient (Wildman–Crippen LogP) is 5.71. The summed E-state index contributed by atoms with van der Waals surface area (Å²) in [5.74, 6) is 0.897. The highest BCUT2D eigenvalue weighted by molar-refractivity contribution is 9.09. The quantitative estimate of drug-likeness (QED) is 0.602. The number of hydrogen-bond donors (Lipinski definition) is 0. The molecule has 2 heteroatoms. The zero-order chi connectivity index (χ0) is 13.9. The maximum atomic E-state index is 6.20. The van der Waals surface area contributed by atoms with Gasteiger partial charge >= 0.3 is 0 Å². The summed E-state index contributed by atoms with van der Waals surface area (Å²) in [5.41, 5.74) is 0.665. The fourth-order valence-electron chi connectivity index (χ4n) is 3.74. The second-order valence-corrected chi connectivity index (χ2v) is 8.97. The van der Waals surface area contributed by atoms with Gasteiger partial charge < -0.3 is 4.74 Å². The first kappa shape index (κ1) is 15.8. The van der Waals surface area contributed by atoms with Crippen LogP contribution in [0.3, 0.4) is 0 Å². The third-order valence-electron chi connectivity index (χ3n) is 5.13. The summed E-state index contributed by atoms with van der Waals surface area (Å²) < 4.78 is 6.20. The van der Waals surface area contributed by atoms with E-state index >= 15 is 0 Å². The summed E-state index contributed by atoms with van der Waals surface area (Å²) in [6, 6.07) is 0. The maximum Gasteiger partial charge on any atom is 0.0685 e. The van der Waals surface area contributed by atoms with Crippen molar-refractivity contribution in [1.29, 1.82) is 0 Å². The number of alkyl halides is 1. The Kier molecular flexibility index (Phi) is 5.39. The van der Waals surface area contributed by atoms with Crippen molar-refractivity contribution in [3.63, 3.8) is 0 Å². The van der Waals surface area contributed by atoms with Crippen molar-refractivity contribution in [2.24, 2.45) is 11.3 Å². The third-order valence-corrected chi connectivity index (χ3v) is 6.96. The lowest BCUT2D eigenvalue weighted by molar-refractivity contribution is -0.118. The number of ether oxygens (including phenoxy) is 1. The van der Waals surface area contributed by atoms with Crippen molar-refractivity contribution in [2.45, 2.75) is 89.0 Å². The van der Waals surface area contributed by atoms with Crippen LogP contribution in [0.1, 0.15) is 78.6 Å². The lowest BCUT2D eigenvalue weighted by Gasteiger charge is -2.44. The molecule has 1 aliphatic carbocycles. The van der Waals surface area contributed by atoms with Crippen LogP contribution in [0.4, 0.5) is 0 Å². The highest BCUT2D eigenvalue weighted by atomic mass is 79.9. The van der Waals surface area contributed by atoms with Crippen molar-refractivity contribution in [1.82, 2.24) is 0 Å². The second-order valence-electron chi connectivity index (χ2n) is 7.86. The summed E-state index contributed by atoms with van der Waals surface area (Å²) in [6.45, 7) is 8.00. The van der Waals surface area contributed by atoms with Gasteiger partial charge in [0, 0.05) is 11.4 Å². The fraction of sp³-hybridized carbons (Fsp3) is 1.00. The van der Waals surface area contributed by atoms with Gasteiger partial charge in [0.2, 0.25) is 0 Å². The molecule has 0 N–H and O–H groups in total. The molecule has 0 amide bonds. The molecule has 112 valence electrons. The van der Waals surface area contributed by atoms with E-state index in [-0.39, 0.29) is 5.60 Å². The Hall–Kier alpha value is 0.440. The number of hydrogen-bond acceptors (Lipinski definition) is 1. The molecule has 0 radical (unpaired) electrons. The molecule has 2 aliphatic rings. The third kappa shape index (κ3) is 4.46. The molecule has 1 saturated heterocycles. The van der Waals surface area contributed by atoms with Gasteiger partial charge in [0.15, 0.2) is 0 Å². The van der Waals surface area contributed by atoms with E-state index in [0.29, 0.717) is 10.2 Å². The zero-order valence-electron chi connectivity index (χ0n) is 13.0. The van der Waals surface area contributed by atoms with E-state index in [1.165, 1.54) is 57.8 Å². The minimum atomic E-state index is 0.282. The molecule has 0 bridgehead atoms. The molecule has 2 unspecified atom stereocenters. The molecule has 2 rings (SSSR count). The Bertz CT molecular complexity index is 270. The van der Waals surface area contributed by atoms with E-state index in [0.717, 1.165) is 12.5 Å². The van der Waals surface area contributed by atoms with E-state index in [1.807, 2.05) is 0 Å². The molecule has 1 spiro atoms. The van der Waals surface area contributed by atoms with Crippen LogP contribution in [0.25, 0.3) is 0 Å². The summed E-state index contributed by atoms with van der Waals surface area (Å²) in [5, 5.41) is 0. The Morgan fingerprint density at radius 2 is 1.89 bits per heavy atom. The van der Waals surface area contributed by atoms with Gasteiger partial charge in [0.1, 0.15) is 0 Å². The zero-order valence-corrected chi connectivity index (χ0v) is 14.6. The van der Waals surface area contributed by atoms with Crippen LogP contribution < -0.4 is 0 Å². The summed E-state index contributed by atoms with van der Waals surface area (Å²) in [4.78, 5) is 0.644. The highest BCUT2D eigenvalue weighted by Gasteiger charge is 2.38. The van der Waals surface area contributed by atoms with Crippen LogP contribution in [0.15, 0.2) is 0 Å². The average Bonchev–Trinajstić information content (AvgIpc) is 2.36. The largest absolute Gasteiger partial charge is 0.375 e. The molecule has 0 aromatic heterocycles. The molecule has 2 fully saturated rings. The van der Waals surface area contributed by atoms with Crippen LogP contribution in [0.2, 0.25) is 0 Å². The van der Waals surface area contributed by atoms with Crippen LogP contribution >= 0.6 is 15.9 Å². The second kappa shape index (κ2) is 6.47. The smallest absolute Gasteiger partial charge is 0.0685 e. The summed E-state index contributed by atoms with van der Waals surface area (Å²) >= 11 is 3.88. The van der Waals surface area contributed by atoms with Gasteiger partial charge in [-0.05, 0) is 49.9 Å². The maximum absolute atomic E-state index is 6.20. The summed E-state index contributed by atoms with van der Waals surface area (Å²) in [7, 11) is 0. The summed E-state index contributed by atoms with van der Waals surface area (Å²) in [6.07, 6.45) is 12.1. The van der Waals surface area contributed by atoms with Crippen molar-refractivity contribution in [2.75, 3.05) is 6.61 Å². The van der Waals surface area contributed by atoms with Gasteiger partial charge in [0.25, 0.3) is 0 Å². The SMILES string of the molecule is CC(C)(C)C(Br)CCC1CCOC2(CCCCC2)C1. The van der Waals surface area contributed by atoms with E-state index in [2.05, 4.69) is 36.7 Å². The molecular formula is C17H31BrO. The molecule has 1 aliphatic heterocycles. The van der Waals surface area contributed by atoms with E-state index in [1.54, 1.807) is 0 Å². The first-order valence-corrected chi connectivity index (χ1v) is 9.11. The standard InChI is InChI=1S/C17H31BrO/c1-16(2,3)15(18)8-7-14-9-12-19-17(13-14)10-5-4-6-11-17/h14-15H,4-13H2,1-3H3. The Balaban J connectivity index is 1.81. The average molecular weight is 331 g/mol. The minimum Gasteiger partial charge on any atom is -0.375 e. The van der Waals surface area contributed by atoms with Crippen LogP contribution in [0, 0.1) is 11.3 Å². The molecular weight excluding hydrogens is 300 g/mol. The van der Waals surface area contributed by atoms with Gasteiger partial charge in [0.05, 0.1) is 5.60 Å². The topological polar surface area (TPSA) is 9.23 Å². The molecule has 1 nitrogen and oxygen atoms in total. The first-order valence-electron chi connectivity index (χ1n) is 8.19. The Morgan fingerprint density at radius 1 is 1.21 bits per heavy atom. The lowest BCUT2D eigenvalue weighted by Crippen LogP contribution is -2.41. The molecule has 1 saturated carbocycles. The molecule has 0 aromatic carbocycles. The van der Waals surface area contributed by atoms with Gasteiger partial charge in [-0.15, -0.1) is 0 Å². The van der Waals surface area contributed by atoms with Gasteiger partial charge in [-0.2, -0.15) is 0 Å². The molecule has 19 heavy (non-hydrogen) atoms. The van der Waals surface area contributed by atoms with E-state index < -0.39 is 0 Å². The van der Waals surface area contributed by atoms with Crippen molar-refractivity contribution >= 4 is 15.9 Å². The fourth-order valence-corrected chi connectivity index (χ4v) is 4.00. The van der Waals surface area contributed by atoms with E-state index in [9.17, 15) is 0 Å². The van der Waals surface area contributed by atoms with Gasteiger partial charge in [-0.25, -0.2) is 0 Å². The highest BCUT2D eigenvalue weighted by Crippen LogP contribution is 2.42. The van der Waals surface area contributed by atoms with Crippen molar-refractivity contribution in [3.8, 4) is 0 Å². The number of rotatable bonds is 3. The monoisotopic (exact) mass is 330 g/mol. The van der Waals surface area contributed by atoms with Gasteiger partial charge in [-0.1, -0.05) is 56.0 Å². The molecule has 1 heterocycles. The lowest BCUT2D eigenvalue weighted by atomic mass is 9.74. The minimum absolute atomic E-state index is 0.282.